The van der Waals surface area contributed by atoms with Gasteiger partial charge in [0.05, 0.1) is 23.2 Å². The first-order chi connectivity index (χ1) is 13.3. The van der Waals surface area contributed by atoms with Gasteiger partial charge in [0.25, 0.3) is 11.8 Å². The van der Waals surface area contributed by atoms with Gasteiger partial charge in [-0.2, -0.15) is 0 Å². The van der Waals surface area contributed by atoms with Crippen LogP contribution in [0.5, 0.6) is 0 Å². The molecule has 0 aliphatic carbocycles. The Labute approximate surface area is 167 Å². The summed E-state index contributed by atoms with van der Waals surface area (Å²) in [6.45, 7) is 4.25. The first-order valence-corrected chi connectivity index (χ1v) is 11.1. The Balaban J connectivity index is 1.96. The van der Waals surface area contributed by atoms with Crippen LogP contribution in [-0.4, -0.2) is 43.3 Å². The number of carbonyl (C=O) groups is 2. The van der Waals surface area contributed by atoms with Gasteiger partial charge in [-0.05, 0) is 43.5 Å². The lowest BCUT2D eigenvalue weighted by Gasteiger charge is -2.40. The van der Waals surface area contributed by atoms with Crippen molar-refractivity contribution in [1.29, 1.82) is 0 Å². The standard InChI is InChI=1S/C18H21N3O5S2/c1-3-21-11(2)16(18(23)20-24)28(25,26)15-7-6-12(9-14(15)21)17(22)19-10-13-5-4-8-27-13/h4-9,11,16,24H,3,10H2,1-2H3,(H,19,22)(H,20,23). The van der Waals surface area contributed by atoms with Gasteiger partial charge in [0, 0.05) is 17.0 Å². The number of hydrogen-bond acceptors (Lipinski definition) is 7. The largest absolute Gasteiger partial charge is 0.366 e. The van der Waals surface area contributed by atoms with Gasteiger partial charge in [0.2, 0.25) is 0 Å². The van der Waals surface area contributed by atoms with Crippen LogP contribution >= 0.6 is 11.3 Å². The summed E-state index contributed by atoms with van der Waals surface area (Å²) < 4.78 is 25.9. The molecule has 1 aliphatic heterocycles. The van der Waals surface area contributed by atoms with Crippen molar-refractivity contribution in [3.8, 4) is 0 Å². The van der Waals surface area contributed by atoms with Crippen molar-refractivity contribution in [3.05, 3.63) is 46.2 Å². The van der Waals surface area contributed by atoms with Crippen molar-refractivity contribution < 1.29 is 23.2 Å². The molecule has 2 aromatic rings. The number of benzene rings is 1. The predicted molar refractivity (Wildman–Crippen MR) is 105 cm³/mol. The molecule has 1 aromatic carbocycles. The number of nitrogens with zero attached hydrogens (tertiary/aromatic N) is 1. The summed E-state index contributed by atoms with van der Waals surface area (Å²) in [4.78, 5) is 27.2. The van der Waals surface area contributed by atoms with E-state index in [9.17, 15) is 18.0 Å². The number of hydroxylamine groups is 1. The zero-order valence-electron chi connectivity index (χ0n) is 15.4. The molecule has 8 nitrogen and oxygen atoms in total. The summed E-state index contributed by atoms with van der Waals surface area (Å²) >= 11 is 1.53. The second-order valence-electron chi connectivity index (χ2n) is 6.41. The van der Waals surface area contributed by atoms with Crippen molar-refractivity contribution in [2.45, 2.75) is 36.6 Å². The maximum absolute atomic E-state index is 12.9. The lowest BCUT2D eigenvalue weighted by atomic mass is 10.1. The number of nitrogens with one attached hydrogen (secondary N) is 2. The molecule has 3 N–H and O–H groups in total. The number of carbonyl (C=O) groups excluding carboxylic acids is 2. The van der Waals surface area contributed by atoms with Gasteiger partial charge in [0.15, 0.2) is 15.1 Å². The molecule has 1 aromatic heterocycles. The summed E-state index contributed by atoms with van der Waals surface area (Å²) in [7, 11) is -4.02. The zero-order valence-corrected chi connectivity index (χ0v) is 17.0. The van der Waals surface area contributed by atoms with E-state index in [1.54, 1.807) is 11.8 Å². The zero-order chi connectivity index (χ0) is 20.5. The highest BCUT2D eigenvalue weighted by Crippen LogP contribution is 2.37. The summed E-state index contributed by atoms with van der Waals surface area (Å²) in [6.07, 6.45) is 0. The van der Waals surface area contributed by atoms with Crippen molar-refractivity contribution in [3.63, 3.8) is 0 Å². The molecule has 0 saturated carbocycles. The van der Waals surface area contributed by atoms with Crippen molar-refractivity contribution >= 4 is 38.7 Å². The van der Waals surface area contributed by atoms with Crippen LogP contribution in [-0.2, 0) is 21.2 Å². The van der Waals surface area contributed by atoms with Crippen molar-refractivity contribution in [1.82, 2.24) is 10.8 Å². The number of rotatable bonds is 5. The molecular formula is C18H21N3O5S2. The monoisotopic (exact) mass is 423 g/mol. The second kappa shape index (κ2) is 7.90. The first kappa shape index (κ1) is 20.3. The number of fused-ring (bicyclic) bond motifs is 1. The maximum atomic E-state index is 12.9. The number of sulfone groups is 1. The third kappa shape index (κ3) is 3.50. The third-order valence-corrected chi connectivity index (χ3v) is 7.92. The minimum atomic E-state index is -4.02. The van der Waals surface area contributed by atoms with E-state index in [4.69, 9.17) is 5.21 Å². The van der Waals surface area contributed by atoms with Gasteiger partial charge in [-0.1, -0.05) is 6.07 Å². The first-order valence-electron chi connectivity index (χ1n) is 8.70. The molecule has 1 aliphatic rings. The highest BCUT2D eigenvalue weighted by Gasteiger charge is 2.46. The van der Waals surface area contributed by atoms with Gasteiger partial charge in [-0.15, -0.1) is 11.3 Å². The van der Waals surface area contributed by atoms with E-state index in [1.165, 1.54) is 35.0 Å². The molecule has 2 amide bonds. The van der Waals surface area contributed by atoms with E-state index in [1.807, 2.05) is 24.4 Å². The lowest BCUT2D eigenvalue weighted by Crippen LogP contribution is -2.56. The smallest absolute Gasteiger partial charge is 0.264 e. The van der Waals surface area contributed by atoms with E-state index in [2.05, 4.69) is 5.32 Å². The van der Waals surface area contributed by atoms with Gasteiger partial charge >= 0.3 is 0 Å². The van der Waals surface area contributed by atoms with Gasteiger partial charge < -0.3 is 10.2 Å². The second-order valence-corrected chi connectivity index (χ2v) is 9.48. The third-order valence-electron chi connectivity index (χ3n) is 4.81. The van der Waals surface area contributed by atoms with Gasteiger partial charge in [-0.3, -0.25) is 14.8 Å². The van der Waals surface area contributed by atoms with Crippen LogP contribution in [0.15, 0.2) is 40.6 Å². The van der Waals surface area contributed by atoms with Crippen molar-refractivity contribution in [2.75, 3.05) is 11.4 Å². The number of anilines is 1. The lowest BCUT2D eigenvalue weighted by molar-refractivity contribution is -0.129. The van der Waals surface area contributed by atoms with Crippen LogP contribution in [0.3, 0.4) is 0 Å². The number of hydrogen-bond donors (Lipinski definition) is 3. The molecule has 2 heterocycles. The molecule has 2 unspecified atom stereocenters. The molecule has 10 heteroatoms. The molecule has 3 rings (SSSR count). The fourth-order valence-corrected chi connectivity index (χ4v) is 6.11. The summed E-state index contributed by atoms with van der Waals surface area (Å²) in [5.41, 5.74) is 2.16. The van der Waals surface area contributed by atoms with Crippen LogP contribution < -0.4 is 15.7 Å². The van der Waals surface area contributed by atoms with E-state index < -0.39 is 27.0 Å². The summed E-state index contributed by atoms with van der Waals surface area (Å²) in [5.74, 6) is -1.29. The van der Waals surface area contributed by atoms with Crippen LogP contribution in [0, 0.1) is 0 Å². The molecule has 0 saturated heterocycles. The average molecular weight is 424 g/mol. The fraction of sp³-hybridized carbons (Fsp3) is 0.333. The van der Waals surface area contributed by atoms with Crippen molar-refractivity contribution in [2.24, 2.45) is 0 Å². The minimum Gasteiger partial charge on any atom is -0.366 e. The topological polar surface area (TPSA) is 116 Å². The molecule has 0 bridgehead atoms. The quantitative estimate of drug-likeness (QED) is 0.496. The normalized spacial score (nSPS) is 20.3. The van der Waals surface area contributed by atoms with E-state index in [-0.39, 0.29) is 10.8 Å². The van der Waals surface area contributed by atoms with E-state index >= 15 is 0 Å². The Morgan fingerprint density at radius 1 is 1.29 bits per heavy atom. The molecule has 0 radical (unpaired) electrons. The van der Waals surface area contributed by atoms with Crippen LogP contribution in [0.1, 0.15) is 29.1 Å². The summed E-state index contributed by atoms with van der Waals surface area (Å²) in [5, 5.41) is 12.3. The minimum absolute atomic E-state index is 0.0316. The van der Waals surface area contributed by atoms with E-state index in [0.717, 1.165) is 4.88 Å². The van der Waals surface area contributed by atoms with Crippen LogP contribution in [0.2, 0.25) is 0 Å². The Morgan fingerprint density at radius 3 is 2.64 bits per heavy atom. The highest BCUT2D eigenvalue weighted by molar-refractivity contribution is 7.93. The molecule has 0 spiro atoms. The Bertz CT molecular complexity index is 989. The SMILES string of the molecule is CCN1c2cc(C(=O)NCc3cccs3)ccc2S(=O)(=O)C(C(=O)NO)C1C. The van der Waals surface area contributed by atoms with Crippen LogP contribution in [0.25, 0.3) is 0 Å². The highest BCUT2D eigenvalue weighted by atomic mass is 32.2. The Kier molecular flexibility index (Phi) is 5.73. The molecule has 0 fully saturated rings. The molecule has 28 heavy (non-hydrogen) atoms. The predicted octanol–water partition coefficient (Wildman–Crippen LogP) is 1.55. The van der Waals surface area contributed by atoms with Gasteiger partial charge in [0.1, 0.15) is 0 Å². The molecule has 2 atom stereocenters. The Morgan fingerprint density at radius 2 is 2.04 bits per heavy atom. The summed E-state index contributed by atoms with van der Waals surface area (Å²) in [6, 6.07) is 7.41. The van der Waals surface area contributed by atoms with Crippen LogP contribution in [0.4, 0.5) is 5.69 Å². The van der Waals surface area contributed by atoms with Gasteiger partial charge in [-0.25, -0.2) is 13.9 Å². The number of amides is 2. The maximum Gasteiger partial charge on any atom is 0.264 e. The Hall–Kier alpha value is -2.43. The average Bonchev–Trinajstić information content (AvgIpc) is 3.19. The number of thiophene rings is 1. The molecule has 150 valence electrons. The van der Waals surface area contributed by atoms with E-state index in [0.29, 0.717) is 24.3 Å². The molecular weight excluding hydrogens is 402 g/mol. The fourth-order valence-electron chi connectivity index (χ4n) is 3.47.